The van der Waals surface area contributed by atoms with Gasteiger partial charge in [0.15, 0.2) is 0 Å². The molecule has 0 unspecified atom stereocenters. The van der Waals surface area contributed by atoms with Gasteiger partial charge in [-0.1, -0.05) is 19.3 Å². The lowest BCUT2D eigenvalue weighted by atomic mass is 9.96. The fraction of sp³-hybridized carbons (Fsp3) is 0.769. The molecule has 0 saturated heterocycles. The molecular formula is C13H24N4. The molecule has 1 aliphatic carbocycles. The molecule has 0 aliphatic heterocycles. The zero-order valence-electron chi connectivity index (χ0n) is 10.6. The first kappa shape index (κ1) is 12.6. The van der Waals surface area contributed by atoms with Crippen LogP contribution >= 0.6 is 0 Å². The summed E-state index contributed by atoms with van der Waals surface area (Å²) in [4.78, 5) is 0. The topological polar surface area (TPSA) is 55.9 Å². The monoisotopic (exact) mass is 236 g/mol. The van der Waals surface area contributed by atoms with Crippen LogP contribution in [-0.2, 0) is 6.54 Å². The van der Waals surface area contributed by atoms with Crippen molar-refractivity contribution in [3.8, 4) is 0 Å². The van der Waals surface area contributed by atoms with Gasteiger partial charge < -0.3 is 11.1 Å². The van der Waals surface area contributed by atoms with Crippen LogP contribution in [0.15, 0.2) is 12.3 Å². The first-order valence-corrected chi connectivity index (χ1v) is 6.85. The SMILES string of the molecule is NCCCNCc1ccn(C2CCCCC2)n1. The first-order valence-electron chi connectivity index (χ1n) is 6.85. The Morgan fingerprint density at radius 2 is 2.18 bits per heavy atom. The molecule has 1 aliphatic rings. The quantitative estimate of drug-likeness (QED) is 0.741. The van der Waals surface area contributed by atoms with E-state index in [0.29, 0.717) is 6.04 Å². The minimum Gasteiger partial charge on any atom is -0.330 e. The van der Waals surface area contributed by atoms with Gasteiger partial charge in [0.2, 0.25) is 0 Å². The molecule has 0 amide bonds. The Bertz CT molecular complexity index is 315. The van der Waals surface area contributed by atoms with Crippen molar-refractivity contribution in [2.45, 2.75) is 51.1 Å². The van der Waals surface area contributed by atoms with Crippen molar-refractivity contribution in [1.29, 1.82) is 0 Å². The molecule has 0 spiro atoms. The van der Waals surface area contributed by atoms with E-state index in [-0.39, 0.29) is 0 Å². The maximum absolute atomic E-state index is 5.45. The smallest absolute Gasteiger partial charge is 0.0762 e. The molecule has 0 radical (unpaired) electrons. The second-order valence-corrected chi connectivity index (χ2v) is 4.90. The summed E-state index contributed by atoms with van der Waals surface area (Å²) in [5, 5.41) is 8.02. The second-order valence-electron chi connectivity index (χ2n) is 4.90. The molecule has 1 fully saturated rings. The zero-order valence-corrected chi connectivity index (χ0v) is 10.6. The van der Waals surface area contributed by atoms with Crippen LogP contribution in [0.5, 0.6) is 0 Å². The van der Waals surface area contributed by atoms with Gasteiger partial charge in [-0.3, -0.25) is 4.68 Å². The molecule has 96 valence electrons. The van der Waals surface area contributed by atoms with E-state index in [1.165, 1.54) is 32.1 Å². The number of hydrogen-bond acceptors (Lipinski definition) is 3. The Labute approximate surface area is 104 Å². The van der Waals surface area contributed by atoms with E-state index in [1.807, 2.05) is 0 Å². The molecule has 17 heavy (non-hydrogen) atoms. The Hall–Kier alpha value is -0.870. The minimum atomic E-state index is 0.640. The summed E-state index contributed by atoms with van der Waals surface area (Å²) in [6.07, 6.45) is 9.86. The van der Waals surface area contributed by atoms with Crippen molar-refractivity contribution >= 4 is 0 Å². The summed E-state index contributed by atoms with van der Waals surface area (Å²) in [5.74, 6) is 0. The fourth-order valence-electron chi connectivity index (χ4n) is 2.46. The first-order chi connectivity index (χ1) is 8.40. The average Bonchev–Trinajstić information content (AvgIpc) is 2.85. The Morgan fingerprint density at radius 3 is 2.94 bits per heavy atom. The maximum atomic E-state index is 5.45. The Balaban J connectivity index is 1.78. The van der Waals surface area contributed by atoms with Gasteiger partial charge in [0.25, 0.3) is 0 Å². The highest BCUT2D eigenvalue weighted by atomic mass is 15.3. The van der Waals surface area contributed by atoms with E-state index < -0.39 is 0 Å². The average molecular weight is 236 g/mol. The summed E-state index contributed by atoms with van der Waals surface area (Å²) in [7, 11) is 0. The fourth-order valence-corrected chi connectivity index (χ4v) is 2.46. The highest BCUT2D eigenvalue weighted by Crippen LogP contribution is 2.27. The summed E-state index contributed by atoms with van der Waals surface area (Å²) < 4.78 is 2.17. The highest BCUT2D eigenvalue weighted by Gasteiger charge is 2.15. The van der Waals surface area contributed by atoms with Crippen molar-refractivity contribution in [3.63, 3.8) is 0 Å². The molecule has 1 aromatic heterocycles. The van der Waals surface area contributed by atoms with Crippen LogP contribution in [0.3, 0.4) is 0 Å². The van der Waals surface area contributed by atoms with Gasteiger partial charge in [0.1, 0.15) is 0 Å². The number of nitrogens with zero attached hydrogens (tertiary/aromatic N) is 2. The number of rotatable bonds is 6. The summed E-state index contributed by atoms with van der Waals surface area (Å²) in [5.41, 5.74) is 6.60. The third-order valence-corrected chi connectivity index (χ3v) is 3.48. The van der Waals surface area contributed by atoms with E-state index in [1.54, 1.807) is 0 Å². The number of aromatic nitrogens is 2. The molecular weight excluding hydrogens is 212 g/mol. The van der Waals surface area contributed by atoms with E-state index in [9.17, 15) is 0 Å². The van der Waals surface area contributed by atoms with Crippen LogP contribution in [-0.4, -0.2) is 22.9 Å². The Kier molecular flexibility index (Phi) is 5.01. The van der Waals surface area contributed by atoms with Crippen LogP contribution < -0.4 is 11.1 Å². The van der Waals surface area contributed by atoms with Gasteiger partial charge in [-0.05, 0) is 38.4 Å². The molecule has 1 saturated carbocycles. The normalized spacial score (nSPS) is 17.5. The van der Waals surface area contributed by atoms with Crippen molar-refractivity contribution in [2.24, 2.45) is 5.73 Å². The van der Waals surface area contributed by atoms with E-state index in [0.717, 1.165) is 31.7 Å². The third kappa shape index (κ3) is 3.82. The third-order valence-electron chi connectivity index (χ3n) is 3.48. The number of nitrogens with one attached hydrogen (secondary N) is 1. The van der Waals surface area contributed by atoms with Gasteiger partial charge in [-0.15, -0.1) is 0 Å². The largest absolute Gasteiger partial charge is 0.330 e. The van der Waals surface area contributed by atoms with Crippen LogP contribution in [0.25, 0.3) is 0 Å². The lowest BCUT2D eigenvalue weighted by molar-refractivity contribution is 0.327. The summed E-state index contributed by atoms with van der Waals surface area (Å²) >= 11 is 0. The lowest BCUT2D eigenvalue weighted by Crippen LogP contribution is -2.19. The molecule has 3 N–H and O–H groups in total. The second kappa shape index (κ2) is 6.77. The number of nitrogens with two attached hydrogens (primary N) is 1. The molecule has 2 rings (SSSR count). The summed E-state index contributed by atoms with van der Waals surface area (Å²) in [6.45, 7) is 2.59. The van der Waals surface area contributed by atoms with E-state index in [2.05, 4.69) is 27.4 Å². The van der Waals surface area contributed by atoms with Crippen molar-refractivity contribution in [1.82, 2.24) is 15.1 Å². The van der Waals surface area contributed by atoms with E-state index in [4.69, 9.17) is 5.73 Å². The predicted molar refractivity (Wildman–Crippen MR) is 69.7 cm³/mol. The molecule has 0 aromatic carbocycles. The lowest BCUT2D eigenvalue weighted by Gasteiger charge is -2.21. The van der Waals surface area contributed by atoms with Gasteiger partial charge in [0.05, 0.1) is 11.7 Å². The van der Waals surface area contributed by atoms with Gasteiger partial charge in [-0.2, -0.15) is 5.10 Å². The van der Waals surface area contributed by atoms with Gasteiger partial charge in [0, 0.05) is 12.7 Å². The van der Waals surface area contributed by atoms with Crippen molar-refractivity contribution < 1.29 is 0 Å². The Morgan fingerprint density at radius 1 is 1.35 bits per heavy atom. The predicted octanol–water partition coefficient (Wildman–Crippen LogP) is 1.83. The van der Waals surface area contributed by atoms with Crippen LogP contribution in [0.4, 0.5) is 0 Å². The number of hydrogen-bond donors (Lipinski definition) is 2. The van der Waals surface area contributed by atoms with Crippen LogP contribution in [0, 0.1) is 0 Å². The van der Waals surface area contributed by atoms with Crippen LogP contribution in [0.1, 0.15) is 50.3 Å². The zero-order chi connectivity index (χ0) is 11.9. The van der Waals surface area contributed by atoms with E-state index >= 15 is 0 Å². The van der Waals surface area contributed by atoms with Gasteiger partial charge in [-0.25, -0.2) is 0 Å². The maximum Gasteiger partial charge on any atom is 0.0762 e. The molecule has 0 atom stereocenters. The van der Waals surface area contributed by atoms with Crippen molar-refractivity contribution in [2.75, 3.05) is 13.1 Å². The van der Waals surface area contributed by atoms with Gasteiger partial charge >= 0.3 is 0 Å². The molecule has 4 heteroatoms. The molecule has 0 bridgehead atoms. The molecule has 1 aromatic rings. The minimum absolute atomic E-state index is 0.640. The molecule has 1 heterocycles. The standard InChI is InChI=1S/C13H24N4/c14-8-4-9-15-11-12-7-10-17(16-12)13-5-2-1-3-6-13/h7,10,13,15H,1-6,8-9,11,14H2. The highest BCUT2D eigenvalue weighted by molar-refractivity contribution is 4.99. The van der Waals surface area contributed by atoms with Crippen molar-refractivity contribution in [3.05, 3.63) is 18.0 Å². The van der Waals surface area contributed by atoms with Crippen LogP contribution in [0.2, 0.25) is 0 Å². The molecule has 4 nitrogen and oxygen atoms in total. The summed E-state index contributed by atoms with van der Waals surface area (Å²) in [6, 6.07) is 2.77.